The molecule has 172 valence electrons. The number of nitro groups is 1. The second kappa shape index (κ2) is 10.2. The molecule has 9 nitrogen and oxygen atoms in total. The number of methoxy groups -OCH3 is 1. The van der Waals surface area contributed by atoms with E-state index >= 15 is 0 Å². The van der Waals surface area contributed by atoms with Crippen molar-refractivity contribution in [3.63, 3.8) is 0 Å². The van der Waals surface area contributed by atoms with Crippen molar-refractivity contribution in [1.29, 1.82) is 0 Å². The van der Waals surface area contributed by atoms with Gasteiger partial charge in [0.2, 0.25) is 0 Å². The van der Waals surface area contributed by atoms with E-state index in [-0.39, 0.29) is 18.1 Å². The second-order valence-corrected chi connectivity index (χ2v) is 7.95. The number of nitrogens with one attached hydrogen (secondary N) is 1. The number of para-hydroxylation sites is 1. The molecule has 0 saturated carbocycles. The number of furan rings is 1. The highest BCUT2D eigenvalue weighted by Gasteiger charge is 2.13. The Hall–Kier alpha value is -4.18. The van der Waals surface area contributed by atoms with E-state index in [0.29, 0.717) is 27.1 Å². The summed E-state index contributed by atoms with van der Waals surface area (Å²) in [4.78, 5) is 22.6. The summed E-state index contributed by atoms with van der Waals surface area (Å²) in [6, 6.07) is 18.5. The van der Waals surface area contributed by atoms with Gasteiger partial charge in [0.1, 0.15) is 12.2 Å². The van der Waals surface area contributed by atoms with Crippen LogP contribution in [-0.2, 0) is 6.61 Å². The number of benzene rings is 3. The summed E-state index contributed by atoms with van der Waals surface area (Å²) in [7, 11) is 1.50. The van der Waals surface area contributed by atoms with Crippen molar-refractivity contribution in [2.45, 2.75) is 6.61 Å². The molecule has 4 rings (SSSR count). The Labute approximate surface area is 202 Å². The quantitative estimate of drug-likeness (QED) is 0.186. The fourth-order valence-corrected chi connectivity index (χ4v) is 3.71. The highest BCUT2D eigenvalue weighted by Crippen LogP contribution is 2.37. The van der Waals surface area contributed by atoms with E-state index in [1.807, 2.05) is 18.2 Å². The van der Waals surface area contributed by atoms with Gasteiger partial charge in [-0.3, -0.25) is 14.9 Å². The van der Waals surface area contributed by atoms with Gasteiger partial charge in [-0.1, -0.05) is 18.2 Å². The van der Waals surface area contributed by atoms with Gasteiger partial charge in [-0.25, -0.2) is 5.43 Å². The fraction of sp³-hybridized carbons (Fsp3) is 0.0833. The molecule has 10 heteroatoms. The van der Waals surface area contributed by atoms with Gasteiger partial charge < -0.3 is 13.9 Å². The molecule has 0 saturated heterocycles. The molecule has 1 aromatic heterocycles. The fourth-order valence-electron chi connectivity index (χ4n) is 3.14. The van der Waals surface area contributed by atoms with Crippen molar-refractivity contribution in [1.82, 2.24) is 5.43 Å². The third-order valence-corrected chi connectivity index (χ3v) is 5.40. The summed E-state index contributed by atoms with van der Waals surface area (Å²) in [6.45, 7) is 0.188. The Morgan fingerprint density at radius 1 is 1.18 bits per heavy atom. The van der Waals surface area contributed by atoms with Crippen LogP contribution in [0.3, 0.4) is 0 Å². The van der Waals surface area contributed by atoms with Crippen LogP contribution in [0.15, 0.2) is 80.7 Å². The van der Waals surface area contributed by atoms with Crippen LogP contribution >= 0.6 is 15.9 Å². The van der Waals surface area contributed by atoms with Crippen LogP contribution in [0.4, 0.5) is 5.69 Å². The van der Waals surface area contributed by atoms with Gasteiger partial charge in [0.25, 0.3) is 5.69 Å². The highest BCUT2D eigenvalue weighted by atomic mass is 79.9. The zero-order valence-corrected chi connectivity index (χ0v) is 19.4. The predicted molar refractivity (Wildman–Crippen MR) is 129 cm³/mol. The highest BCUT2D eigenvalue weighted by molar-refractivity contribution is 9.10. The lowest BCUT2D eigenvalue weighted by atomic mass is 10.2. The van der Waals surface area contributed by atoms with Crippen LogP contribution < -0.4 is 14.9 Å². The largest absolute Gasteiger partial charge is 0.493 e. The van der Waals surface area contributed by atoms with E-state index < -0.39 is 10.8 Å². The average Bonchev–Trinajstić information content (AvgIpc) is 3.28. The zero-order valence-electron chi connectivity index (χ0n) is 17.9. The van der Waals surface area contributed by atoms with Crippen molar-refractivity contribution in [2.75, 3.05) is 7.11 Å². The van der Waals surface area contributed by atoms with E-state index in [2.05, 4.69) is 26.5 Å². The van der Waals surface area contributed by atoms with E-state index in [4.69, 9.17) is 13.9 Å². The second-order valence-electron chi connectivity index (χ2n) is 7.09. The van der Waals surface area contributed by atoms with Crippen LogP contribution in [-0.4, -0.2) is 24.2 Å². The van der Waals surface area contributed by atoms with Gasteiger partial charge >= 0.3 is 5.91 Å². The Morgan fingerprint density at radius 2 is 1.94 bits per heavy atom. The molecule has 0 aliphatic rings. The number of rotatable bonds is 8. The number of amides is 1. The number of hydrazone groups is 1. The van der Waals surface area contributed by atoms with Crippen molar-refractivity contribution < 1.29 is 23.6 Å². The average molecular weight is 524 g/mol. The minimum Gasteiger partial charge on any atom is -0.493 e. The van der Waals surface area contributed by atoms with Crippen LogP contribution in [0.5, 0.6) is 11.5 Å². The molecule has 1 amide bonds. The number of hydrogen-bond acceptors (Lipinski definition) is 7. The van der Waals surface area contributed by atoms with Crippen LogP contribution in [0, 0.1) is 10.1 Å². The van der Waals surface area contributed by atoms with Crippen LogP contribution in [0.25, 0.3) is 11.0 Å². The molecule has 0 aliphatic carbocycles. The predicted octanol–water partition coefficient (Wildman–Crippen LogP) is 5.46. The lowest BCUT2D eigenvalue weighted by Crippen LogP contribution is -2.16. The number of ether oxygens (including phenoxy) is 2. The van der Waals surface area contributed by atoms with Crippen molar-refractivity contribution >= 4 is 44.7 Å². The molecule has 0 fully saturated rings. The smallest absolute Gasteiger partial charge is 0.307 e. The molecule has 0 atom stereocenters. The molecule has 4 aromatic rings. The summed E-state index contributed by atoms with van der Waals surface area (Å²) in [6.07, 6.45) is 1.47. The number of nitro benzene ring substituents is 1. The maximum absolute atomic E-state index is 12.3. The molecule has 0 aliphatic heterocycles. The normalized spacial score (nSPS) is 11.0. The Bertz CT molecular complexity index is 1350. The molecular formula is C24H18BrN3O6. The third-order valence-electron chi connectivity index (χ3n) is 4.81. The Kier molecular flexibility index (Phi) is 6.88. The lowest BCUT2D eigenvalue weighted by Gasteiger charge is -2.13. The summed E-state index contributed by atoms with van der Waals surface area (Å²) < 4.78 is 17.4. The first kappa shape index (κ1) is 23.0. The Balaban J connectivity index is 1.42. The van der Waals surface area contributed by atoms with E-state index in [1.165, 1.54) is 25.5 Å². The Morgan fingerprint density at radius 3 is 2.65 bits per heavy atom. The van der Waals surface area contributed by atoms with Gasteiger partial charge in [0, 0.05) is 17.5 Å². The summed E-state index contributed by atoms with van der Waals surface area (Å²) in [5.74, 6) is 0.597. The van der Waals surface area contributed by atoms with Crippen molar-refractivity contribution in [3.8, 4) is 11.5 Å². The van der Waals surface area contributed by atoms with Crippen LogP contribution in [0.1, 0.15) is 21.7 Å². The standard InChI is InChI=1S/C24H18BrN3O6/c1-32-21-11-16(13-26-27-24(29)22-12-17-4-2-3-5-20(17)34-22)10-19(25)23(21)33-14-15-6-8-18(9-7-15)28(30)31/h2-13H,14H2,1H3,(H,27,29)/b26-13+. The third kappa shape index (κ3) is 5.24. The molecule has 0 radical (unpaired) electrons. The molecule has 0 unspecified atom stereocenters. The number of hydrogen-bond donors (Lipinski definition) is 1. The molecule has 0 spiro atoms. The van der Waals surface area contributed by atoms with Crippen molar-refractivity contribution in [2.24, 2.45) is 5.10 Å². The monoisotopic (exact) mass is 523 g/mol. The van der Waals surface area contributed by atoms with Gasteiger partial charge in [0.15, 0.2) is 17.3 Å². The number of halogens is 1. The number of nitrogens with zero attached hydrogens (tertiary/aromatic N) is 2. The van der Waals surface area contributed by atoms with Gasteiger partial charge in [-0.2, -0.15) is 5.10 Å². The van der Waals surface area contributed by atoms with Crippen molar-refractivity contribution in [3.05, 3.63) is 98.2 Å². The summed E-state index contributed by atoms with van der Waals surface area (Å²) >= 11 is 3.46. The van der Waals surface area contributed by atoms with Gasteiger partial charge in [-0.05, 0) is 63.5 Å². The maximum Gasteiger partial charge on any atom is 0.307 e. The topological polar surface area (TPSA) is 116 Å². The SMILES string of the molecule is COc1cc(/C=N/NC(=O)c2cc3ccccc3o2)cc(Br)c1OCc1ccc([N+](=O)[O-])cc1. The molecule has 3 aromatic carbocycles. The maximum atomic E-state index is 12.3. The first-order chi connectivity index (χ1) is 16.4. The lowest BCUT2D eigenvalue weighted by molar-refractivity contribution is -0.384. The number of carbonyl (C=O) groups is 1. The van der Waals surface area contributed by atoms with Gasteiger partial charge in [0.05, 0.1) is 22.7 Å². The number of carbonyl (C=O) groups excluding carboxylic acids is 1. The van der Waals surface area contributed by atoms with Gasteiger partial charge in [-0.15, -0.1) is 0 Å². The number of fused-ring (bicyclic) bond motifs is 1. The zero-order chi connectivity index (χ0) is 24.1. The van der Waals surface area contributed by atoms with E-state index in [1.54, 1.807) is 36.4 Å². The molecular weight excluding hydrogens is 506 g/mol. The minimum atomic E-state index is -0.471. The van der Waals surface area contributed by atoms with Crippen LogP contribution in [0.2, 0.25) is 0 Å². The minimum absolute atomic E-state index is 0.0126. The first-order valence-corrected chi connectivity index (χ1v) is 10.8. The molecule has 0 bridgehead atoms. The number of non-ortho nitro benzene ring substituents is 1. The first-order valence-electron chi connectivity index (χ1n) is 10.0. The summed E-state index contributed by atoms with van der Waals surface area (Å²) in [5.41, 5.74) is 4.48. The molecule has 1 heterocycles. The van der Waals surface area contributed by atoms with E-state index in [9.17, 15) is 14.9 Å². The summed E-state index contributed by atoms with van der Waals surface area (Å²) in [5, 5.41) is 15.6. The molecule has 34 heavy (non-hydrogen) atoms. The van der Waals surface area contributed by atoms with E-state index in [0.717, 1.165) is 10.9 Å². The molecule has 1 N–H and O–H groups in total.